The minimum atomic E-state index is -0.499. The molecule has 0 radical (unpaired) electrons. The zero-order valence-corrected chi connectivity index (χ0v) is 21.9. The van der Waals surface area contributed by atoms with E-state index in [1.807, 2.05) is 26.0 Å². The highest BCUT2D eigenvalue weighted by Crippen LogP contribution is 2.47. The molecule has 1 aromatic rings. The number of thiocarbonyl (C=S) groups is 2. The predicted octanol–water partition coefficient (Wildman–Crippen LogP) is 2.61. The van der Waals surface area contributed by atoms with E-state index < -0.39 is 11.8 Å². The van der Waals surface area contributed by atoms with E-state index in [4.69, 9.17) is 33.9 Å². The standard InChI is InChI=1S/C24H30N4O4S2/c1-13-7-8-16(31-5)11-17(13)23(33)27(3)25-19(29)12-20(30)26-28(4)24(34)21-14(2)9-15-10-18(21)22(15)32-6/h7-9,11,18,22H,10,12H2,1-6H3,(H,25,29)(H,26,30). The fourth-order valence-corrected chi connectivity index (χ4v) is 4.90. The van der Waals surface area contributed by atoms with Crippen LogP contribution in [0.15, 0.2) is 41.0 Å². The smallest absolute Gasteiger partial charge is 0.248 e. The van der Waals surface area contributed by atoms with Gasteiger partial charge in [-0.1, -0.05) is 36.6 Å². The number of nitrogens with zero attached hydrogens (tertiary/aromatic N) is 2. The number of allylic oxidation sites excluding steroid dienone is 2. The molecule has 0 heterocycles. The van der Waals surface area contributed by atoms with Gasteiger partial charge in [0.15, 0.2) is 0 Å². The molecule has 2 amide bonds. The molecule has 182 valence electrons. The number of carbonyl (C=O) groups excluding carboxylic acids is 2. The van der Waals surface area contributed by atoms with Crippen molar-refractivity contribution < 1.29 is 19.1 Å². The van der Waals surface area contributed by atoms with Crippen LogP contribution >= 0.6 is 24.4 Å². The number of benzene rings is 1. The van der Waals surface area contributed by atoms with Crippen molar-refractivity contribution in [1.82, 2.24) is 20.9 Å². The number of nitrogens with one attached hydrogen (secondary N) is 2. The summed E-state index contributed by atoms with van der Waals surface area (Å²) in [6, 6.07) is 5.53. The Hall–Kier alpha value is -2.82. The van der Waals surface area contributed by atoms with E-state index in [0.29, 0.717) is 15.7 Å². The number of methoxy groups -OCH3 is 2. The van der Waals surface area contributed by atoms with E-state index in [9.17, 15) is 9.59 Å². The summed E-state index contributed by atoms with van der Waals surface area (Å²) in [4.78, 5) is 25.9. The van der Waals surface area contributed by atoms with Crippen molar-refractivity contribution in [2.75, 3.05) is 28.3 Å². The third-order valence-electron chi connectivity index (χ3n) is 6.06. The monoisotopic (exact) mass is 502 g/mol. The Kier molecular flexibility index (Phi) is 8.06. The molecule has 0 aliphatic heterocycles. The molecule has 2 atom stereocenters. The van der Waals surface area contributed by atoms with Gasteiger partial charge in [-0.3, -0.25) is 30.5 Å². The molecule has 0 aromatic heterocycles. The topological polar surface area (TPSA) is 83.1 Å². The third kappa shape index (κ3) is 5.29. The molecule has 0 spiro atoms. The van der Waals surface area contributed by atoms with Gasteiger partial charge in [0.1, 0.15) is 22.1 Å². The summed E-state index contributed by atoms with van der Waals surface area (Å²) in [6.07, 6.45) is 2.67. The predicted molar refractivity (Wildman–Crippen MR) is 138 cm³/mol. The van der Waals surface area contributed by atoms with Crippen molar-refractivity contribution in [3.63, 3.8) is 0 Å². The second-order valence-electron chi connectivity index (χ2n) is 8.44. The van der Waals surface area contributed by atoms with Gasteiger partial charge in [0, 0.05) is 32.7 Å². The summed E-state index contributed by atoms with van der Waals surface area (Å²) in [7, 11) is 6.56. The van der Waals surface area contributed by atoms with Crippen molar-refractivity contribution in [2.24, 2.45) is 5.92 Å². The van der Waals surface area contributed by atoms with Gasteiger partial charge in [0.25, 0.3) is 0 Å². The first kappa shape index (κ1) is 25.8. The van der Waals surface area contributed by atoms with E-state index in [-0.39, 0.29) is 18.4 Å². The second-order valence-corrected chi connectivity index (χ2v) is 9.21. The highest BCUT2D eigenvalue weighted by atomic mass is 32.1. The van der Waals surface area contributed by atoms with Crippen molar-refractivity contribution >= 4 is 46.2 Å². The minimum absolute atomic E-state index is 0.0409. The van der Waals surface area contributed by atoms with Gasteiger partial charge in [0.2, 0.25) is 11.8 Å². The average molecular weight is 503 g/mol. The van der Waals surface area contributed by atoms with Gasteiger partial charge in [-0.2, -0.15) is 0 Å². The molecule has 8 nitrogen and oxygen atoms in total. The molecule has 34 heavy (non-hydrogen) atoms. The molecule has 2 bridgehead atoms. The molecule has 0 saturated heterocycles. The van der Waals surface area contributed by atoms with Gasteiger partial charge in [-0.15, -0.1) is 0 Å². The summed E-state index contributed by atoms with van der Waals surface area (Å²) in [5.74, 6) is -0.132. The molecule has 2 N–H and O–H groups in total. The number of ether oxygens (including phenoxy) is 2. The van der Waals surface area contributed by atoms with Gasteiger partial charge < -0.3 is 9.47 Å². The first-order valence-electron chi connectivity index (χ1n) is 10.8. The minimum Gasteiger partial charge on any atom is -0.497 e. The zero-order chi connectivity index (χ0) is 25.2. The maximum absolute atomic E-state index is 12.5. The largest absolute Gasteiger partial charge is 0.497 e. The Morgan fingerprint density at radius 2 is 1.68 bits per heavy atom. The van der Waals surface area contributed by atoms with E-state index in [1.54, 1.807) is 34.4 Å². The molecule has 3 aliphatic rings. The lowest BCUT2D eigenvalue weighted by atomic mass is 9.66. The molecular weight excluding hydrogens is 472 g/mol. The van der Waals surface area contributed by atoms with Crippen molar-refractivity contribution in [3.05, 3.63) is 52.1 Å². The van der Waals surface area contributed by atoms with Crippen LogP contribution in [0.4, 0.5) is 0 Å². The fraction of sp³-hybridized carbons (Fsp3) is 0.417. The average Bonchev–Trinajstić information content (AvgIpc) is 2.77. The Labute approximate surface area is 210 Å². The van der Waals surface area contributed by atoms with Crippen LogP contribution in [0.2, 0.25) is 0 Å². The quantitative estimate of drug-likeness (QED) is 0.349. The summed E-state index contributed by atoms with van der Waals surface area (Å²) < 4.78 is 10.8. The number of fused-ring (bicyclic) bond motifs is 1. The summed E-state index contributed by atoms with van der Waals surface area (Å²) in [5, 5.41) is 2.91. The van der Waals surface area contributed by atoms with E-state index in [1.165, 1.54) is 15.6 Å². The number of hydrogen-bond donors (Lipinski definition) is 2. The first-order chi connectivity index (χ1) is 16.1. The lowest BCUT2D eigenvalue weighted by Crippen LogP contribution is -2.50. The zero-order valence-electron chi connectivity index (χ0n) is 20.2. The number of rotatable bonds is 6. The van der Waals surface area contributed by atoms with Gasteiger partial charge in [-0.05, 0) is 54.7 Å². The Morgan fingerprint density at radius 1 is 1.06 bits per heavy atom. The fourth-order valence-electron chi connectivity index (χ4n) is 4.28. The van der Waals surface area contributed by atoms with Gasteiger partial charge in [0.05, 0.1) is 13.2 Å². The summed E-state index contributed by atoms with van der Waals surface area (Å²) in [5.41, 5.74) is 10.4. The van der Waals surface area contributed by atoms with E-state index in [0.717, 1.165) is 28.7 Å². The van der Waals surface area contributed by atoms with Crippen LogP contribution in [0.1, 0.15) is 30.9 Å². The van der Waals surface area contributed by atoms with Crippen molar-refractivity contribution in [2.45, 2.75) is 32.8 Å². The highest BCUT2D eigenvalue weighted by molar-refractivity contribution is 7.81. The van der Waals surface area contributed by atoms with Gasteiger partial charge >= 0.3 is 0 Å². The van der Waals surface area contributed by atoms with Gasteiger partial charge in [-0.25, -0.2) is 0 Å². The maximum atomic E-state index is 12.5. The molecule has 2 unspecified atom stereocenters. The van der Waals surface area contributed by atoms with Crippen LogP contribution in [0.3, 0.4) is 0 Å². The third-order valence-corrected chi connectivity index (χ3v) is 7.05. The van der Waals surface area contributed by atoms with E-state index >= 15 is 0 Å². The molecule has 3 aliphatic carbocycles. The molecule has 1 aromatic carbocycles. The van der Waals surface area contributed by atoms with Crippen LogP contribution in [0.25, 0.3) is 0 Å². The Balaban J connectivity index is 1.55. The Morgan fingerprint density at radius 3 is 2.26 bits per heavy atom. The van der Waals surface area contributed by atoms with Crippen LogP contribution in [-0.4, -0.2) is 66.2 Å². The van der Waals surface area contributed by atoms with Crippen LogP contribution < -0.4 is 15.6 Å². The molecule has 1 fully saturated rings. The number of carbonyl (C=O) groups is 2. The highest BCUT2D eigenvalue weighted by Gasteiger charge is 2.44. The Bertz CT molecular complexity index is 1100. The van der Waals surface area contributed by atoms with Crippen LogP contribution in [-0.2, 0) is 14.3 Å². The maximum Gasteiger partial charge on any atom is 0.248 e. The van der Waals surface area contributed by atoms with E-state index in [2.05, 4.69) is 16.9 Å². The second kappa shape index (κ2) is 10.6. The molecule has 10 heteroatoms. The summed E-state index contributed by atoms with van der Waals surface area (Å²) in [6.45, 7) is 3.92. The number of hydrazine groups is 2. The normalized spacial score (nSPS) is 18.4. The number of likely N-dealkylation sites (N-methyl/N-ethyl adjacent to an activating group) is 1. The summed E-state index contributed by atoms with van der Waals surface area (Å²) >= 11 is 11.1. The lowest BCUT2D eigenvalue weighted by molar-refractivity contribution is -0.132. The number of hydrogen-bond acceptors (Lipinski definition) is 6. The molecule has 1 saturated carbocycles. The lowest BCUT2D eigenvalue weighted by Gasteiger charge is -2.45. The SMILES string of the molecule is COc1ccc(C)c(C(=S)N(C)NC(=O)CC(=O)NN(C)C(=S)C2=C(C)C=C3CC2C3OC)c1. The number of amides is 2. The first-order valence-corrected chi connectivity index (χ1v) is 11.6. The van der Waals surface area contributed by atoms with Crippen molar-refractivity contribution in [1.29, 1.82) is 0 Å². The van der Waals surface area contributed by atoms with Crippen LogP contribution in [0.5, 0.6) is 5.75 Å². The number of aryl methyl sites for hydroxylation is 1. The molecular formula is C24H30N4O4S2. The molecule has 4 rings (SSSR count). The van der Waals surface area contributed by atoms with Crippen molar-refractivity contribution in [3.8, 4) is 5.75 Å². The van der Waals surface area contributed by atoms with Crippen LogP contribution in [0, 0.1) is 12.8 Å².